The number of nitrogens with zero attached hydrogens (tertiary/aromatic N) is 3. The second kappa shape index (κ2) is 5.59. The van der Waals surface area contributed by atoms with E-state index in [2.05, 4.69) is 59.0 Å². The Kier molecular flexibility index (Phi) is 3.37. The summed E-state index contributed by atoms with van der Waals surface area (Å²) in [5.41, 5.74) is 3.94. The first-order valence-corrected chi connectivity index (χ1v) is 9.28. The molecule has 2 aliphatic carbocycles. The number of fused-ring (bicyclic) bond motifs is 3. The zero-order valence-electron chi connectivity index (χ0n) is 14.4. The molecule has 2 aromatic rings. The average Bonchev–Trinajstić information content (AvgIpc) is 3.31. The van der Waals surface area contributed by atoms with Gasteiger partial charge in [0.05, 0.1) is 11.4 Å². The smallest absolute Gasteiger partial charge is 0.140 e. The maximum atomic E-state index is 4.95. The third-order valence-corrected chi connectivity index (χ3v) is 6.28. The monoisotopic (exact) mass is 319 g/mol. The maximum Gasteiger partial charge on any atom is 0.140 e. The van der Waals surface area contributed by atoms with E-state index in [-0.39, 0.29) is 0 Å². The molecule has 1 fully saturated rings. The Balaban J connectivity index is 1.36. The fraction of sp³-hybridized carbons (Fsp3) is 0.476. The number of aromatic nitrogens is 2. The van der Waals surface area contributed by atoms with E-state index >= 15 is 0 Å². The summed E-state index contributed by atoms with van der Waals surface area (Å²) >= 11 is 0. The first kappa shape index (κ1) is 14.5. The lowest BCUT2D eigenvalue weighted by molar-refractivity contribution is 0.194. The van der Waals surface area contributed by atoms with Gasteiger partial charge in [0, 0.05) is 38.7 Å². The van der Waals surface area contributed by atoms with Crippen LogP contribution in [0.3, 0.4) is 0 Å². The molecule has 1 unspecified atom stereocenters. The Morgan fingerprint density at radius 3 is 2.75 bits per heavy atom. The van der Waals surface area contributed by atoms with Gasteiger partial charge in [0.2, 0.25) is 0 Å². The summed E-state index contributed by atoms with van der Waals surface area (Å²) in [6.45, 7) is 3.48. The van der Waals surface area contributed by atoms with Gasteiger partial charge in [0.1, 0.15) is 5.82 Å². The van der Waals surface area contributed by atoms with E-state index < -0.39 is 0 Å². The quantitative estimate of drug-likeness (QED) is 0.805. The second-order valence-corrected chi connectivity index (χ2v) is 7.78. The highest BCUT2D eigenvalue weighted by Gasteiger charge is 2.37. The number of allylic oxidation sites excluding steroid dienone is 2. The summed E-state index contributed by atoms with van der Waals surface area (Å²) in [5, 5.41) is 0. The lowest BCUT2D eigenvalue weighted by atomic mass is 9.92. The Morgan fingerprint density at radius 2 is 2.00 bits per heavy atom. The van der Waals surface area contributed by atoms with Crippen LogP contribution in [-0.2, 0) is 20.0 Å². The third-order valence-electron chi connectivity index (χ3n) is 6.28. The minimum atomic E-state index is 0.850. The van der Waals surface area contributed by atoms with E-state index in [1.54, 1.807) is 0 Å². The molecule has 1 aliphatic heterocycles. The zero-order chi connectivity index (χ0) is 16.1. The van der Waals surface area contributed by atoms with Gasteiger partial charge in [0.15, 0.2) is 0 Å². The van der Waals surface area contributed by atoms with Crippen molar-refractivity contribution in [3.8, 4) is 11.4 Å². The fourth-order valence-electron chi connectivity index (χ4n) is 4.98. The summed E-state index contributed by atoms with van der Waals surface area (Å²) in [5.74, 6) is 3.72. The molecule has 1 aromatic heterocycles. The molecule has 2 heterocycles. The zero-order valence-corrected chi connectivity index (χ0v) is 14.4. The lowest BCUT2D eigenvalue weighted by Gasteiger charge is -2.31. The molecule has 1 aromatic carbocycles. The topological polar surface area (TPSA) is 21.1 Å². The molecule has 3 aliphatic rings. The summed E-state index contributed by atoms with van der Waals surface area (Å²) in [7, 11) is 2.18. The van der Waals surface area contributed by atoms with Crippen molar-refractivity contribution in [3.63, 3.8) is 0 Å². The Hall–Kier alpha value is -1.87. The van der Waals surface area contributed by atoms with Crippen LogP contribution in [0, 0.1) is 17.8 Å². The fourth-order valence-corrected chi connectivity index (χ4v) is 4.98. The van der Waals surface area contributed by atoms with E-state index in [4.69, 9.17) is 4.98 Å². The molecule has 3 atom stereocenters. The lowest BCUT2D eigenvalue weighted by Crippen LogP contribution is -2.36. The first-order valence-electron chi connectivity index (χ1n) is 9.28. The minimum absolute atomic E-state index is 0.850. The van der Waals surface area contributed by atoms with Crippen LogP contribution in [0.2, 0.25) is 0 Å². The van der Waals surface area contributed by atoms with E-state index in [9.17, 15) is 0 Å². The highest BCUT2D eigenvalue weighted by Crippen LogP contribution is 2.44. The van der Waals surface area contributed by atoms with Crippen LogP contribution in [-0.4, -0.2) is 27.5 Å². The molecule has 0 amide bonds. The van der Waals surface area contributed by atoms with Crippen LogP contribution < -0.4 is 0 Å². The van der Waals surface area contributed by atoms with E-state index in [1.807, 2.05) is 0 Å². The van der Waals surface area contributed by atoms with Crippen molar-refractivity contribution in [1.82, 2.24) is 14.5 Å². The summed E-state index contributed by atoms with van der Waals surface area (Å²) in [4.78, 5) is 7.61. The van der Waals surface area contributed by atoms with Gasteiger partial charge >= 0.3 is 0 Å². The van der Waals surface area contributed by atoms with Gasteiger partial charge in [-0.2, -0.15) is 0 Å². The molecule has 0 N–H and O–H groups in total. The van der Waals surface area contributed by atoms with Gasteiger partial charge in [-0.05, 0) is 30.6 Å². The third kappa shape index (κ3) is 2.34. The van der Waals surface area contributed by atoms with Crippen LogP contribution in [0.1, 0.15) is 24.2 Å². The summed E-state index contributed by atoms with van der Waals surface area (Å²) in [6.07, 6.45) is 8.83. The second-order valence-electron chi connectivity index (χ2n) is 7.78. The first-order chi connectivity index (χ1) is 11.8. The highest BCUT2D eigenvalue weighted by atomic mass is 15.2. The standard InChI is InChI=1S/C21H25N3/c1-23-20-14-24(13-18-12-15-7-8-17(18)11-15)10-9-19(20)22-21(23)16-5-3-2-4-6-16/h2-8,15,17-18H,9-14H2,1H3/t15-,17+,18?/m0/s1. The summed E-state index contributed by atoms with van der Waals surface area (Å²) in [6, 6.07) is 10.6. The molecule has 24 heavy (non-hydrogen) atoms. The molecular formula is C21H25N3. The van der Waals surface area contributed by atoms with E-state index in [1.165, 1.54) is 36.3 Å². The van der Waals surface area contributed by atoms with Crippen LogP contribution >= 0.6 is 0 Å². The number of imidazole rings is 1. The van der Waals surface area contributed by atoms with E-state index in [0.29, 0.717) is 0 Å². The largest absolute Gasteiger partial charge is 0.330 e. The predicted octanol–water partition coefficient (Wildman–Crippen LogP) is 3.66. The Labute approximate surface area is 144 Å². The maximum absolute atomic E-state index is 4.95. The molecule has 1 saturated carbocycles. The predicted molar refractivity (Wildman–Crippen MR) is 96.5 cm³/mol. The molecule has 0 spiro atoms. The highest BCUT2D eigenvalue weighted by molar-refractivity contribution is 5.56. The van der Waals surface area contributed by atoms with Crippen LogP contribution in [0.25, 0.3) is 11.4 Å². The molecule has 0 radical (unpaired) electrons. The Bertz CT molecular complexity index is 774. The van der Waals surface area contributed by atoms with Crippen molar-refractivity contribution < 1.29 is 0 Å². The van der Waals surface area contributed by atoms with Crippen molar-refractivity contribution in [2.45, 2.75) is 25.8 Å². The molecule has 3 heteroatoms. The minimum Gasteiger partial charge on any atom is -0.330 e. The van der Waals surface area contributed by atoms with Gasteiger partial charge in [-0.3, -0.25) is 4.90 Å². The number of benzene rings is 1. The van der Waals surface area contributed by atoms with Gasteiger partial charge < -0.3 is 4.57 Å². The number of hydrogen-bond donors (Lipinski definition) is 0. The number of rotatable bonds is 3. The van der Waals surface area contributed by atoms with Crippen molar-refractivity contribution in [3.05, 3.63) is 53.9 Å². The van der Waals surface area contributed by atoms with Crippen LogP contribution in [0.4, 0.5) is 0 Å². The normalized spacial score (nSPS) is 28.5. The Morgan fingerprint density at radius 1 is 1.12 bits per heavy atom. The van der Waals surface area contributed by atoms with Crippen molar-refractivity contribution >= 4 is 0 Å². The van der Waals surface area contributed by atoms with E-state index in [0.717, 1.165) is 43.1 Å². The molecule has 124 valence electrons. The molecule has 3 nitrogen and oxygen atoms in total. The number of hydrogen-bond acceptors (Lipinski definition) is 2. The molecule has 5 rings (SSSR count). The van der Waals surface area contributed by atoms with Gasteiger partial charge in [-0.25, -0.2) is 4.98 Å². The van der Waals surface area contributed by atoms with Gasteiger partial charge in [-0.1, -0.05) is 42.5 Å². The average molecular weight is 319 g/mol. The van der Waals surface area contributed by atoms with Crippen LogP contribution in [0.15, 0.2) is 42.5 Å². The molecular weight excluding hydrogens is 294 g/mol. The van der Waals surface area contributed by atoms with Crippen molar-refractivity contribution in [2.75, 3.05) is 13.1 Å². The SMILES string of the molecule is Cn1c(-c2ccccc2)nc2c1CN(CC1C[C@H]3C=C[C@@H]1C3)CC2. The summed E-state index contributed by atoms with van der Waals surface area (Å²) < 4.78 is 2.32. The van der Waals surface area contributed by atoms with Crippen molar-refractivity contribution in [2.24, 2.45) is 24.8 Å². The van der Waals surface area contributed by atoms with Crippen molar-refractivity contribution in [1.29, 1.82) is 0 Å². The van der Waals surface area contributed by atoms with Gasteiger partial charge in [0.25, 0.3) is 0 Å². The molecule has 0 saturated heterocycles. The van der Waals surface area contributed by atoms with Gasteiger partial charge in [-0.15, -0.1) is 0 Å². The molecule has 2 bridgehead atoms. The van der Waals surface area contributed by atoms with Crippen LogP contribution in [0.5, 0.6) is 0 Å².